The number of nitrogen functional groups attached to an aromatic ring is 1. The van der Waals surface area contributed by atoms with Gasteiger partial charge in [-0.1, -0.05) is 28.1 Å². The van der Waals surface area contributed by atoms with E-state index in [1.807, 2.05) is 24.3 Å². The molecule has 0 radical (unpaired) electrons. The van der Waals surface area contributed by atoms with Crippen LogP contribution in [0.5, 0.6) is 0 Å². The van der Waals surface area contributed by atoms with Gasteiger partial charge in [-0.2, -0.15) is 5.10 Å². The van der Waals surface area contributed by atoms with E-state index < -0.39 is 5.91 Å². The number of hydrogen-bond donors (Lipinski definition) is 2. The molecule has 0 spiro atoms. The van der Waals surface area contributed by atoms with Crippen molar-refractivity contribution in [2.24, 2.45) is 5.10 Å². The zero-order valence-corrected chi connectivity index (χ0v) is 10.6. The van der Waals surface area contributed by atoms with E-state index in [0.717, 1.165) is 10.0 Å². The van der Waals surface area contributed by atoms with Gasteiger partial charge in [-0.05, 0) is 28.0 Å². The van der Waals surface area contributed by atoms with E-state index in [0.29, 0.717) is 0 Å². The highest BCUT2D eigenvalue weighted by Gasteiger charge is 2.14. The summed E-state index contributed by atoms with van der Waals surface area (Å²) in [6, 6.07) is 7.41. The normalized spacial score (nSPS) is 10.7. The van der Waals surface area contributed by atoms with Gasteiger partial charge in [0, 0.05) is 4.47 Å². The highest BCUT2D eigenvalue weighted by atomic mass is 79.9. The van der Waals surface area contributed by atoms with Crippen LogP contribution in [0, 0.1) is 0 Å². The summed E-state index contributed by atoms with van der Waals surface area (Å²) in [6.07, 6.45) is 1.49. The van der Waals surface area contributed by atoms with E-state index in [1.165, 1.54) is 6.21 Å². The third kappa shape index (κ3) is 2.92. The Bertz CT molecular complexity index is 578. The summed E-state index contributed by atoms with van der Waals surface area (Å²) >= 11 is 3.32. The molecular weight excluding hydrogens is 302 g/mol. The summed E-state index contributed by atoms with van der Waals surface area (Å²) in [5.74, 6) is -0.659. The van der Waals surface area contributed by atoms with E-state index in [4.69, 9.17) is 5.73 Å². The van der Waals surface area contributed by atoms with Crippen LogP contribution in [-0.4, -0.2) is 22.4 Å². The van der Waals surface area contributed by atoms with E-state index in [-0.39, 0.29) is 11.5 Å². The van der Waals surface area contributed by atoms with E-state index in [1.54, 1.807) is 0 Å². The molecule has 0 fully saturated rings. The number of nitrogens with zero attached hydrogens (tertiary/aromatic N) is 3. The minimum Gasteiger partial charge on any atom is -0.379 e. The topological polar surface area (TPSA) is 106 Å². The van der Waals surface area contributed by atoms with Crippen LogP contribution in [0.25, 0.3) is 0 Å². The average molecular weight is 310 g/mol. The van der Waals surface area contributed by atoms with Gasteiger partial charge < -0.3 is 5.73 Å². The first-order valence-corrected chi connectivity index (χ1v) is 5.63. The molecule has 0 unspecified atom stereocenters. The summed E-state index contributed by atoms with van der Waals surface area (Å²) in [4.78, 5) is 11.5. The predicted molar refractivity (Wildman–Crippen MR) is 67.9 cm³/mol. The molecule has 7 nitrogen and oxygen atoms in total. The zero-order valence-electron chi connectivity index (χ0n) is 9.00. The lowest BCUT2D eigenvalue weighted by Gasteiger charge is -1.95. The molecule has 1 aromatic heterocycles. The Morgan fingerprint density at radius 3 is 2.72 bits per heavy atom. The van der Waals surface area contributed by atoms with Crippen molar-refractivity contribution in [3.8, 4) is 0 Å². The molecule has 92 valence electrons. The molecule has 0 aliphatic carbocycles. The number of aromatic nitrogens is 2. The molecule has 2 rings (SSSR count). The zero-order chi connectivity index (χ0) is 13.0. The predicted octanol–water partition coefficient (Wildman–Crippen LogP) is 1.18. The van der Waals surface area contributed by atoms with Crippen LogP contribution < -0.4 is 11.2 Å². The lowest BCUT2D eigenvalue weighted by atomic mass is 10.2. The van der Waals surface area contributed by atoms with Gasteiger partial charge in [0.25, 0.3) is 5.91 Å². The van der Waals surface area contributed by atoms with Crippen molar-refractivity contribution in [2.45, 2.75) is 0 Å². The number of carbonyl (C=O) groups is 1. The van der Waals surface area contributed by atoms with Crippen LogP contribution >= 0.6 is 15.9 Å². The molecule has 1 amide bonds. The second-order valence-corrected chi connectivity index (χ2v) is 4.16. The smallest absolute Gasteiger partial charge is 0.297 e. The second kappa shape index (κ2) is 5.41. The minimum absolute atomic E-state index is 0.0775. The molecular formula is C10H8BrN5O2. The lowest BCUT2D eigenvalue weighted by molar-refractivity contribution is 0.0946. The Kier molecular flexibility index (Phi) is 3.68. The van der Waals surface area contributed by atoms with Gasteiger partial charge in [-0.25, -0.2) is 10.1 Å². The Labute approximate surface area is 110 Å². The van der Waals surface area contributed by atoms with E-state index in [9.17, 15) is 4.79 Å². The maximum atomic E-state index is 11.5. The maximum absolute atomic E-state index is 11.5. The molecule has 1 aromatic carbocycles. The Morgan fingerprint density at radius 1 is 1.39 bits per heavy atom. The van der Waals surface area contributed by atoms with E-state index in [2.05, 4.69) is 41.4 Å². The van der Waals surface area contributed by atoms with Crippen molar-refractivity contribution >= 4 is 33.9 Å². The molecule has 0 saturated heterocycles. The van der Waals surface area contributed by atoms with Crippen molar-refractivity contribution in [3.05, 3.63) is 40.0 Å². The molecule has 2 aromatic rings. The SMILES string of the molecule is Nc1nonc1C(=O)N/N=C/c1ccc(Br)cc1. The fourth-order valence-corrected chi connectivity index (χ4v) is 1.38. The van der Waals surface area contributed by atoms with Crippen molar-refractivity contribution in [2.75, 3.05) is 5.73 Å². The van der Waals surface area contributed by atoms with Crippen LogP contribution in [0.4, 0.5) is 5.82 Å². The highest BCUT2D eigenvalue weighted by molar-refractivity contribution is 9.10. The van der Waals surface area contributed by atoms with Gasteiger partial charge in [0.2, 0.25) is 11.5 Å². The summed E-state index contributed by atoms with van der Waals surface area (Å²) < 4.78 is 5.26. The fourth-order valence-electron chi connectivity index (χ4n) is 1.12. The number of hydrogen-bond acceptors (Lipinski definition) is 6. The van der Waals surface area contributed by atoms with Crippen LogP contribution in [0.1, 0.15) is 16.1 Å². The summed E-state index contributed by atoms with van der Waals surface area (Å²) in [7, 11) is 0. The molecule has 0 aliphatic rings. The number of halogens is 1. The maximum Gasteiger partial charge on any atom is 0.297 e. The van der Waals surface area contributed by atoms with Crippen molar-refractivity contribution in [1.82, 2.24) is 15.7 Å². The van der Waals surface area contributed by atoms with Gasteiger partial charge in [-0.3, -0.25) is 4.79 Å². The molecule has 18 heavy (non-hydrogen) atoms. The van der Waals surface area contributed by atoms with E-state index >= 15 is 0 Å². The molecule has 3 N–H and O–H groups in total. The van der Waals surface area contributed by atoms with Crippen molar-refractivity contribution < 1.29 is 9.42 Å². The Morgan fingerprint density at radius 2 is 2.11 bits per heavy atom. The van der Waals surface area contributed by atoms with Gasteiger partial charge in [0.15, 0.2) is 0 Å². The Balaban J connectivity index is 1.98. The standard InChI is InChI=1S/C10H8BrN5O2/c11-7-3-1-6(2-4-7)5-13-14-10(17)8-9(12)16-18-15-8/h1-5H,(H2,12,16)(H,14,17)/b13-5+. The van der Waals surface area contributed by atoms with Gasteiger partial charge in [-0.15, -0.1) is 0 Å². The number of rotatable bonds is 3. The first-order valence-electron chi connectivity index (χ1n) is 4.84. The quantitative estimate of drug-likeness (QED) is 0.654. The molecule has 0 aliphatic heterocycles. The third-order valence-corrected chi connectivity index (χ3v) is 2.51. The number of nitrogens with two attached hydrogens (primary N) is 1. The summed E-state index contributed by atoms with van der Waals surface area (Å²) in [5.41, 5.74) is 8.36. The minimum atomic E-state index is -0.581. The number of hydrazone groups is 1. The molecule has 0 atom stereocenters. The van der Waals surface area contributed by atoms with Gasteiger partial charge >= 0.3 is 0 Å². The first kappa shape index (κ1) is 12.2. The number of nitrogens with one attached hydrogen (secondary N) is 1. The number of carbonyl (C=O) groups excluding carboxylic acids is 1. The largest absolute Gasteiger partial charge is 0.379 e. The third-order valence-electron chi connectivity index (χ3n) is 1.98. The van der Waals surface area contributed by atoms with Gasteiger partial charge in [0.05, 0.1) is 6.21 Å². The fraction of sp³-hybridized carbons (Fsp3) is 0. The number of anilines is 1. The molecule has 8 heteroatoms. The Hall–Kier alpha value is -2.22. The molecule has 0 bridgehead atoms. The molecule has 1 heterocycles. The van der Waals surface area contributed by atoms with Crippen LogP contribution in [0.2, 0.25) is 0 Å². The van der Waals surface area contributed by atoms with Crippen molar-refractivity contribution in [1.29, 1.82) is 0 Å². The summed E-state index contributed by atoms with van der Waals surface area (Å²) in [5, 5.41) is 10.4. The number of benzene rings is 1. The first-order chi connectivity index (χ1) is 8.66. The van der Waals surface area contributed by atoms with Crippen LogP contribution in [-0.2, 0) is 0 Å². The van der Waals surface area contributed by atoms with Gasteiger partial charge in [0.1, 0.15) is 0 Å². The lowest BCUT2D eigenvalue weighted by Crippen LogP contribution is -2.19. The average Bonchev–Trinajstić information content (AvgIpc) is 2.78. The highest BCUT2D eigenvalue weighted by Crippen LogP contribution is 2.09. The summed E-state index contributed by atoms with van der Waals surface area (Å²) in [6.45, 7) is 0. The monoisotopic (exact) mass is 309 g/mol. The molecule has 0 saturated carbocycles. The number of amides is 1. The van der Waals surface area contributed by atoms with Crippen LogP contribution in [0.3, 0.4) is 0 Å². The van der Waals surface area contributed by atoms with Crippen molar-refractivity contribution in [3.63, 3.8) is 0 Å². The van der Waals surface area contributed by atoms with Crippen LogP contribution in [0.15, 0.2) is 38.5 Å². The second-order valence-electron chi connectivity index (χ2n) is 3.25.